The Labute approximate surface area is 915 Å². The lowest BCUT2D eigenvalue weighted by Crippen LogP contribution is -2.66. The zero-order valence-corrected chi connectivity index (χ0v) is 107. The van der Waals surface area contributed by atoms with Crippen LogP contribution < -0.4 is 0 Å². The van der Waals surface area contributed by atoms with E-state index in [9.17, 15) is 0 Å². The minimum Gasteiger partial charge on any atom is -0.0683 e. The Morgan fingerprint density at radius 1 is 0.139 bits per heavy atom. The van der Waals surface area contributed by atoms with Crippen LogP contribution in [0.1, 0.15) is 692 Å². The van der Waals surface area contributed by atoms with Crippen LogP contribution in [0.2, 0.25) is 0 Å². The van der Waals surface area contributed by atoms with E-state index in [-0.39, 0.29) is 0 Å². The van der Waals surface area contributed by atoms with Gasteiger partial charge in [-0.1, -0.05) is 596 Å². The van der Waals surface area contributed by atoms with Gasteiger partial charge in [0.05, 0.1) is 0 Å². The fourth-order valence-corrected chi connectivity index (χ4v) is 44.8. The van der Waals surface area contributed by atoms with Crippen molar-refractivity contribution in [1.82, 2.24) is 0 Å². The molecule has 36 unspecified atom stereocenters. The topological polar surface area (TPSA) is 0 Å². The number of hydrogen-bond donors (Lipinski definition) is 0. The predicted molar refractivity (Wildman–Crippen MR) is 656 cm³/mol. The van der Waals surface area contributed by atoms with E-state index in [4.69, 9.17) is 0 Å². The van der Waals surface area contributed by atoms with Gasteiger partial charge in [0.1, 0.15) is 0 Å². The molecule has 0 heteroatoms. The average molecular weight is 2010 g/mol. The monoisotopic (exact) mass is 2010 g/mol. The van der Waals surface area contributed by atoms with Crippen molar-refractivity contribution in [2.75, 3.05) is 0 Å². The van der Waals surface area contributed by atoms with Gasteiger partial charge in [-0.3, -0.25) is 0 Å². The zero-order chi connectivity index (χ0) is 107. The first-order valence-electron chi connectivity index (χ1n) is 71.3. The maximum atomic E-state index is 2.85. The molecule has 36 atom stereocenters. The largest absolute Gasteiger partial charge is 0.0683 e. The molecule has 24 saturated carbocycles. The molecule has 0 aromatic rings. The maximum Gasteiger partial charge on any atom is -0.0171 e. The van der Waals surface area contributed by atoms with Crippen LogP contribution in [0.15, 0.2) is 0 Å². The highest BCUT2D eigenvalue weighted by molar-refractivity contribution is 5.26. The molecular weight excluding hydrogens is 1730 g/mol. The van der Waals surface area contributed by atoms with Crippen LogP contribution >= 0.6 is 0 Å². The predicted octanol–water partition coefficient (Wildman–Crippen LogP) is 49.8. The van der Waals surface area contributed by atoms with Gasteiger partial charge in [-0.05, 0) is 326 Å². The van der Waals surface area contributed by atoms with Gasteiger partial charge in [-0.25, -0.2) is 0 Å². The van der Waals surface area contributed by atoms with Crippen molar-refractivity contribution in [3.8, 4) is 0 Å². The molecular formula is C144H282. The summed E-state index contributed by atoms with van der Waals surface area (Å²) in [5, 5.41) is 0. The average Bonchev–Trinajstić information content (AvgIpc) is 1.48. The second-order valence-electron chi connectivity index (χ2n) is 49.5. The van der Waals surface area contributed by atoms with Crippen LogP contribution in [-0.2, 0) is 0 Å². The first-order valence-corrected chi connectivity index (χ1v) is 71.3. The Kier molecular flexibility index (Phi) is 71.8. The first kappa shape index (κ1) is 136. The fourth-order valence-electron chi connectivity index (χ4n) is 44.8. The molecule has 0 bridgehead atoms. The molecule has 0 amide bonds. The molecule has 24 aliphatic rings. The van der Waals surface area contributed by atoms with Gasteiger partial charge in [-0.15, -0.1) is 0 Å². The third-order valence-corrected chi connectivity index (χ3v) is 46.6. The van der Waals surface area contributed by atoms with E-state index in [0.29, 0.717) is 0 Å². The Balaban J connectivity index is 0.000000369. The summed E-state index contributed by atoms with van der Waals surface area (Å²) in [4.78, 5) is 0. The summed E-state index contributed by atoms with van der Waals surface area (Å²) in [5.74, 6) is 40.3. The van der Waals surface area contributed by atoms with Crippen LogP contribution in [-0.4, -0.2) is 0 Å². The molecule has 858 valence electrons. The Hall–Kier alpha value is 0. The zero-order valence-electron chi connectivity index (χ0n) is 107. The van der Waals surface area contributed by atoms with Gasteiger partial charge >= 0.3 is 0 Å². The quantitative estimate of drug-likeness (QED) is 0.249. The number of hydrogen-bond acceptors (Lipinski definition) is 0. The standard InChI is InChI=1S/3C32H52.3C6H12.15C2H6/c3*1-3-24-20(2)32-28-18-8-7-15-26(28)29(21-11-5-4-6-12-21)27-17-10-14-23(31(27)32)19-22-13-9-16-25(24)30(22)32;3*1-2-4-6-5-3-1;15*1-2/h3*20-31H,3-19H2,1-2H3;3*1-6H2;15*1-2H3. The molecule has 0 N–H and O–H groups in total. The summed E-state index contributed by atoms with van der Waals surface area (Å²) in [6, 6.07) is 0. The van der Waals surface area contributed by atoms with Gasteiger partial charge in [0.25, 0.3) is 0 Å². The molecule has 3 spiro atoms. The highest BCUT2D eigenvalue weighted by Crippen LogP contribution is 2.84. The lowest BCUT2D eigenvalue weighted by molar-refractivity contribution is -0.234. The molecule has 144 heavy (non-hydrogen) atoms. The molecule has 0 aromatic heterocycles. The van der Waals surface area contributed by atoms with Crippen LogP contribution in [0.5, 0.6) is 0 Å². The molecule has 0 aliphatic heterocycles. The van der Waals surface area contributed by atoms with E-state index in [0.717, 1.165) is 229 Å². The van der Waals surface area contributed by atoms with Crippen molar-refractivity contribution in [2.24, 2.45) is 229 Å². The van der Waals surface area contributed by atoms with Crippen molar-refractivity contribution in [2.45, 2.75) is 692 Å². The van der Waals surface area contributed by atoms with Crippen LogP contribution in [0.4, 0.5) is 0 Å². The number of rotatable bonds is 6. The molecule has 24 aliphatic carbocycles. The Morgan fingerprint density at radius 2 is 0.271 bits per heavy atom. The summed E-state index contributed by atoms with van der Waals surface area (Å²) in [6.07, 6.45) is 108. The van der Waals surface area contributed by atoms with Crippen molar-refractivity contribution >= 4 is 0 Å². The molecule has 0 heterocycles. The SMILES string of the molecule is C1CCCCC1.C1CCCCC1.C1CCCCC1.CC.CC.CC.CC.CC.CC.CC.CC.CC.CC.CC.CC.CC.CC.CC.CCC1C2CCCC3CC4CCCC5C(C6CCCCC6)C6CCCCC6C(C1C)(C32)C45.CCC1C2CCCC3CC4CCCC5C(C6CCCCC6)C6CCCCC6C(C1C)(C32)C45.CCC1C2CCCC3CC4CCCC5C(C6CCCCC6)C6CCCCC6C(C1C)(C32)C45. The van der Waals surface area contributed by atoms with Gasteiger partial charge in [0.15, 0.2) is 0 Å². The fraction of sp³-hybridized carbons (Fsp3) is 1.00. The highest BCUT2D eigenvalue weighted by atomic mass is 14.8. The lowest BCUT2D eigenvalue weighted by atomic mass is 9.33. The molecule has 0 nitrogen and oxygen atoms in total. The second-order valence-corrected chi connectivity index (χ2v) is 49.5. The minimum absolute atomic E-state index is 0.778. The number of fused-ring (bicyclic) bond motifs is 3. The summed E-state index contributed by atoms with van der Waals surface area (Å²) < 4.78 is 0. The third-order valence-electron chi connectivity index (χ3n) is 46.6. The highest BCUT2D eigenvalue weighted by Gasteiger charge is 2.78. The maximum absolute atomic E-state index is 2.85. The molecule has 0 saturated heterocycles. The van der Waals surface area contributed by atoms with Crippen molar-refractivity contribution in [1.29, 1.82) is 0 Å². The normalized spacial score (nSPS) is 41.9. The van der Waals surface area contributed by atoms with E-state index in [1.807, 2.05) is 208 Å². The Bertz CT molecular complexity index is 2590. The van der Waals surface area contributed by atoms with Crippen molar-refractivity contribution < 1.29 is 0 Å². The first-order chi connectivity index (χ1) is 71.3. The summed E-state index contributed by atoms with van der Waals surface area (Å²) in [6.45, 7) is 76.3. The molecule has 24 rings (SSSR count). The van der Waals surface area contributed by atoms with E-state index in [1.54, 1.807) is 308 Å². The lowest BCUT2D eigenvalue weighted by Gasteiger charge is -2.71. The van der Waals surface area contributed by atoms with Crippen LogP contribution in [0, 0.1) is 229 Å². The van der Waals surface area contributed by atoms with E-state index >= 15 is 0 Å². The van der Waals surface area contributed by atoms with E-state index in [2.05, 4.69) is 41.5 Å². The van der Waals surface area contributed by atoms with E-state index < -0.39 is 0 Å². The van der Waals surface area contributed by atoms with Gasteiger partial charge in [-0.2, -0.15) is 0 Å². The third kappa shape index (κ3) is 29.6. The van der Waals surface area contributed by atoms with Crippen molar-refractivity contribution in [3.63, 3.8) is 0 Å². The summed E-state index contributed by atoms with van der Waals surface area (Å²) in [7, 11) is 0. The van der Waals surface area contributed by atoms with Gasteiger partial charge in [0.2, 0.25) is 0 Å². The molecule has 0 radical (unpaired) electrons. The Morgan fingerprint density at radius 3 is 0.444 bits per heavy atom. The van der Waals surface area contributed by atoms with Crippen LogP contribution in [0.3, 0.4) is 0 Å². The summed E-state index contributed by atoms with van der Waals surface area (Å²) >= 11 is 0. The smallest absolute Gasteiger partial charge is 0.0171 e. The van der Waals surface area contributed by atoms with E-state index in [1.165, 1.54) is 135 Å². The van der Waals surface area contributed by atoms with Crippen LogP contribution in [0.25, 0.3) is 0 Å². The molecule has 0 aromatic carbocycles. The second kappa shape index (κ2) is 75.8. The molecule has 24 fully saturated rings. The minimum atomic E-state index is 0.778. The summed E-state index contributed by atoms with van der Waals surface area (Å²) in [5.41, 5.74) is 2.34. The van der Waals surface area contributed by atoms with Gasteiger partial charge in [0, 0.05) is 0 Å². The van der Waals surface area contributed by atoms with Crippen molar-refractivity contribution in [3.05, 3.63) is 0 Å². The van der Waals surface area contributed by atoms with Gasteiger partial charge < -0.3 is 0 Å².